The Morgan fingerprint density at radius 2 is 1.41 bits per heavy atom. The molecule has 1 atom stereocenters. The van der Waals surface area contributed by atoms with E-state index in [2.05, 4.69) is 30.1 Å². The first-order valence-electron chi connectivity index (χ1n) is 23.1. The fourth-order valence-electron chi connectivity index (χ4n) is 9.44. The van der Waals surface area contributed by atoms with Gasteiger partial charge in [-0.05, 0) is 135 Å². The maximum Gasteiger partial charge on any atom is 1.00 e. The van der Waals surface area contributed by atoms with Crippen LogP contribution in [0, 0.1) is 0 Å². The predicted octanol–water partition coefficient (Wildman–Crippen LogP) is 8.45. The quantitative estimate of drug-likeness (QED) is 0.118. The SMILES string of the molecule is CN1CCCC(n2nc(Cc3ccc(Cl)cc3)c3ccccc3c2=O)CC1.COc1ccc2cc(CCC(C)=O)ccc2c1.O=C1OC2(c3ccc(O)cc3Oc3cc(O)ccc32)c2ccccc21.[H-].[Na+]. The van der Waals surface area contributed by atoms with Crippen molar-refractivity contribution in [1.82, 2.24) is 14.7 Å². The molecular formula is C57H53ClN3NaO8. The molecule has 3 aliphatic rings. The van der Waals surface area contributed by atoms with Crippen molar-refractivity contribution >= 4 is 44.9 Å². The zero-order valence-corrected chi connectivity index (χ0v) is 42.4. The van der Waals surface area contributed by atoms with Gasteiger partial charge >= 0.3 is 35.5 Å². The van der Waals surface area contributed by atoms with Gasteiger partial charge in [-0.3, -0.25) is 4.79 Å². The molecule has 0 saturated carbocycles. The summed E-state index contributed by atoms with van der Waals surface area (Å²) < 4.78 is 18.7. The van der Waals surface area contributed by atoms with E-state index in [0.717, 1.165) is 77.0 Å². The van der Waals surface area contributed by atoms with Crippen LogP contribution >= 0.6 is 11.6 Å². The summed E-state index contributed by atoms with van der Waals surface area (Å²) in [4.78, 5) is 39.0. The van der Waals surface area contributed by atoms with E-state index in [0.29, 0.717) is 46.6 Å². The topological polar surface area (TPSA) is 140 Å². The number of Topliss-reactive ketones (excluding diaryl/α,β-unsaturated/α-hetero) is 1. The van der Waals surface area contributed by atoms with Crippen LogP contribution in [0.3, 0.4) is 0 Å². The molecule has 1 fully saturated rings. The first-order valence-corrected chi connectivity index (χ1v) is 23.4. The van der Waals surface area contributed by atoms with Crippen LogP contribution in [-0.4, -0.2) is 63.9 Å². The Kier molecular flexibility index (Phi) is 15.5. The second-order valence-corrected chi connectivity index (χ2v) is 18.2. The molecule has 0 radical (unpaired) electrons. The standard InChI is InChI=1S/C22H24ClN3O.C20H12O5.C15H16O2.Na.H/c1-25-13-4-5-18(12-14-25)26-22(27)20-7-3-2-6-19(20)21(24-26)15-16-8-10-17(23)11-9-16;21-11-5-7-15-17(9-11)24-18-10-12(22)6-8-16(18)20(15)14-4-2-1-3-13(14)19(23)25-20;1-11(16)3-4-12-5-6-14-10-15(17-2)8-7-13(14)9-12;;/h2-3,6-11,18H,4-5,12-15H2,1H3;1-10,21-22H;5-10H,3-4H2,1-2H3;;/q;;;+1;-1. The van der Waals surface area contributed by atoms with Crippen molar-refractivity contribution in [3.8, 4) is 28.7 Å². The fraction of sp³-hybridized carbons (Fsp3) is 0.228. The van der Waals surface area contributed by atoms with Crippen LogP contribution in [0.2, 0.25) is 5.02 Å². The van der Waals surface area contributed by atoms with Gasteiger partial charge < -0.3 is 35.5 Å². The molecule has 0 amide bonds. The van der Waals surface area contributed by atoms with Gasteiger partial charge in [0.1, 0.15) is 34.5 Å². The molecule has 13 heteroatoms. The molecule has 7 aromatic carbocycles. The van der Waals surface area contributed by atoms with Gasteiger partial charge in [0.25, 0.3) is 5.56 Å². The Labute approximate surface area is 435 Å². The number of aromatic nitrogens is 2. The van der Waals surface area contributed by atoms with E-state index in [-0.39, 0.29) is 59.9 Å². The third-order valence-electron chi connectivity index (χ3n) is 13.0. The number of ether oxygens (including phenoxy) is 3. The minimum Gasteiger partial charge on any atom is -1.00 e. The summed E-state index contributed by atoms with van der Waals surface area (Å²) in [5, 5.41) is 29.3. The zero-order valence-electron chi connectivity index (χ0n) is 40.7. The number of carbonyl (C=O) groups excluding carboxylic acids is 2. The van der Waals surface area contributed by atoms with E-state index in [9.17, 15) is 24.6 Å². The number of aryl methyl sites for hydroxylation is 1. The van der Waals surface area contributed by atoms with Gasteiger partial charge in [0.2, 0.25) is 0 Å². The van der Waals surface area contributed by atoms with Gasteiger partial charge in [0.15, 0.2) is 5.60 Å². The van der Waals surface area contributed by atoms with Gasteiger partial charge in [0, 0.05) is 52.1 Å². The van der Waals surface area contributed by atoms with Crippen molar-refractivity contribution in [2.75, 3.05) is 27.2 Å². The first kappa shape index (κ1) is 49.9. The molecule has 1 unspecified atom stereocenters. The minimum atomic E-state index is -1.17. The Bertz CT molecular complexity index is 3240. The van der Waals surface area contributed by atoms with Gasteiger partial charge in [-0.1, -0.05) is 84.4 Å². The van der Waals surface area contributed by atoms with Crippen molar-refractivity contribution in [1.29, 1.82) is 0 Å². The maximum absolute atomic E-state index is 13.1. The Morgan fingerprint density at radius 1 is 0.771 bits per heavy atom. The molecule has 2 N–H and O–H groups in total. The molecule has 4 heterocycles. The molecule has 1 saturated heterocycles. The van der Waals surface area contributed by atoms with E-state index >= 15 is 0 Å². The van der Waals surface area contributed by atoms with Crippen LogP contribution in [0.15, 0.2) is 150 Å². The van der Waals surface area contributed by atoms with E-state index < -0.39 is 11.6 Å². The number of hydrogen-bond acceptors (Lipinski definition) is 10. The number of halogens is 1. The van der Waals surface area contributed by atoms with Crippen molar-refractivity contribution in [3.63, 3.8) is 0 Å². The van der Waals surface area contributed by atoms with E-state index in [1.807, 2.05) is 78.9 Å². The van der Waals surface area contributed by atoms with Crippen LogP contribution in [0.5, 0.6) is 28.7 Å². The first-order chi connectivity index (χ1) is 33.4. The average Bonchev–Trinajstić information content (AvgIpc) is 3.47. The minimum absolute atomic E-state index is 0. The molecule has 1 spiro atoms. The summed E-state index contributed by atoms with van der Waals surface area (Å²) in [5.74, 6) is 1.51. The van der Waals surface area contributed by atoms with Crippen molar-refractivity contribution in [3.05, 3.63) is 200 Å². The molecule has 352 valence electrons. The number of hydrogen-bond donors (Lipinski definition) is 2. The second-order valence-electron chi connectivity index (χ2n) is 17.8. The summed E-state index contributed by atoms with van der Waals surface area (Å²) in [6.07, 6.45) is 5.16. The Morgan fingerprint density at radius 3 is 2.11 bits per heavy atom. The largest absolute Gasteiger partial charge is 1.00 e. The molecule has 3 aliphatic heterocycles. The number of carbonyl (C=O) groups is 2. The molecule has 70 heavy (non-hydrogen) atoms. The van der Waals surface area contributed by atoms with Crippen LogP contribution < -0.4 is 44.6 Å². The number of phenolic OH excluding ortho intramolecular Hbond substituents is 2. The summed E-state index contributed by atoms with van der Waals surface area (Å²) >= 11 is 6.02. The van der Waals surface area contributed by atoms with E-state index in [1.165, 1.54) is 35.2 Å². The molecule has 8 aromatic rings. The van der Waals surface area contributed by atoms with Crippen LogP contribution in [0.25, 0.3) is 21.5 Å². The number of rotatable bonds is 7. The molecule has 0 bridgehead atoms. The predicted molar refractivity (Wildman–Crippen MR) is 269 cm³/mol. The smallest absolute Gasteiger partial charge is 1.00 e. The summed E-state index contributed by atoms with van der Waals surface area (Å²) in [6.45, 7) is 3.71. The third-order valence-corrected chi connectivity index (χ3v) is 13.3. The molecule has 11 nitrogen and oxygen atoms in total. The van der Waals surface area contributed by atoms with Crippen LogP contribution in [0.4, 0.5) is 0 Å². The number of aromatic hydroxyl groups is 2. The number of fused-ring (bicyclic) bond motifs is 8. The van der Waals surface area contributed by atoms with Gasteiger partial charge in [-0.15, -0.1) is 0 Å². The average molecular weight is 967 g/mol. The fourth-order valence-corrected chi connectivity index (χ4v) is 9.57. The molecule has 1 aromatic heterocycles. The van der Waals surface area contributed by atoms with Crippen LogP contribution in [-0.2, 0) is 28.0 Å². The molecule has 11 rings (SSSR count). The van der Waals surface area contributed by atoms with Gasteiger partial charge in [0.05, 0.1) is 29.8 Å². The van der Waals surface area contributed by atoms with E-state index in [1.54, 1.807) is 43.0 Å². The summed E-state index contributed by atoms with van der Waals surface area (Å²) in [5.41, 5.74) is 4.61. The Balaban J connectivity index is 0.000000158. The maximum atomic E-state index is 13.1. The number of likely N-dealkylation sites (tertiary alicyclic amines) is 1. The number of methoxy groups -OCH3 is 1. The van der Waals surface area contributed by atoms with Crippen molar-refractivity contribution in [2.45, 2.75) is 57.1 Å². The summed E-state index contributed by atoms with van der Waals surface area (Å²) in [7, 11) is 3.81. The van der Waals surface area contributed by atoms with Crippen molar-refractivity contribution < 1.29 is 65.0 Å². The van der Waals surface area contributed by atoms with E-state index in [4.69, 9.17) is 30.9 Å². The molecule has 0 aliphatic carbocycles. The zero-order chi connectivity index (χ0) is 48.2. The number of ketones is 1. The monoisotopic (exact) mass is 965 g/mol. The second kappa shape index (κ2) is 21.7. The molecular weight excluding hydrogens is 913 g/mol. The third kappa shape index (κ3) is 10.5. The number of benzene rings is 7. The van der Waals surface area contributed by atoms with Gasteiger partial charge in [-0.2, -0.15) is 5.10 Å². The normalized spacial score (nSPS) is 15.3. The summed E-state index contributed by atoms with van der Waals surface area (Å²) in [6, 6.07) is 44.7. The number of nitrogens with zero attached hydrogens (tertiary/aromatic N) is 3. The number of phenols is 2. The number of esters is 1. The van der Waals surface area contributed by atoms with Crippen LogP contribution in [0.1, 0.15) is 83.9 Å². The van der Waals surface area contributed by atoms with Crippen molar-refractivity contribution in [2.24, 2.45) is 0 Å². The Hall–Kier alpha value is -6.47. The van der Waals surface area contributed by atoms with Gasteiger partial charge in [-0.25, -0.2) is 9.48 Å².